The summed E-state index contributed by atoms with van der Waals surface area (Å²) in [7, 11) is 0. The molecule has 1 unspecified atom stereocenters. The number of hydrogen-bond acceptors (Lipinski definition) is 7. The number of pyridine rings is 1. The van der Waals surface area contributed by atoms with Crippen LogP contribution in [-0.2, 0) is 14.3 Å². The van der Waals surface area contributed by atoms with Crippen molar-refractivity contribution >= 4 is 34.5 Å². The highest BCUT2D eigenvalue weighted by Crippen LogP contribution is 2.38. The maximum Gasteiger partial charge on any atom is 0.345 e. The lowest BCUT2D eigenvalue weighted by Crippen LogP contribution is -2.43. The lowest BCUT2D eigenvalue weighted by molar-refractivity contribution is -0.156. The Balaban J connectivity index is 0.000000243. The lowest BCUT2D eigenvalue weighted by Gasteiger charge is -2.30. The van der Waals surface area contributed by atoms with Crippen molar-refractivity contribution in [3.05, 3.63) is 39.9 Å². The molecule has 3 heterocycles. The number of nitrogens with zero attached hydrogens (tertiary/aromatic N) is 2. The number of carboxylic acid groups (broad SMARTS) is 2. The van der Waals surface area contributed by atoms with Crippen LogP contribution in [0.5, 0.6) is 0 Å². The molecule has 33 heavy (non-hydrogen) atoms. The number of carbonyl (C=O) groups is 3. The van der Waals surface area contributed by atoms with E-state index in [-0.39, 0.29) is 23.4 Å². The molecular weight excluding hydrogens is 437 g/mol. The molecule has 3 fully saturated rings. The number of anilines is 1. The third-order valence-corrected chi connectivity index (χ3v) is 5.89. The molecule has 5 rings (SSSR count). The van der Waals surface area contributed by atoms with Crippen LogP contribution in [0.2, 0.25) is 0 Å². The minimum absolute atomic E-state index is 0.137. The first kappa shape index (κ1) is 22.7. The number of aromatic carboxylic acids is 1. The molecule has 2 aliphatic heterocycles. The molecule has 3 aliphatic rings. The van der Waals surface area contributed by atoms with Crippen LogP contribution in [-0.4, -0.2) is 65.0 Å². The van der Waals surface area contributed by atoms with E-state index in [1.807, 2.05) is 9.47 Å². The van der Waals surface area contributed by atoms with E-state index in [0.717, 1.165) is 25.9 Å². The van der Waals surface area contributed by atoms with Crippen LogP contribution in [0.15, 0.2) is 23.1 Å². The van der Waals surface area contributed by atoms with Crippen molar-refractivity contribution in [2.75, 3.05) is 31.1 Å². The smallest absolute Gasteiger partial charge is 0.345 e. The number of piperazine rings is 1. The average molecular weight is 461 g/mol. The van der Waals surface area contributed by atoms with E-state index in [0.29, 0.717) is 30.7 Å². The standard InChI is InChI=1S/C17H18FN3O3.C5H6O4/c18-13-7-11-14(8-15(13)20-5-3-19-4-6-20)21(10-1-2-10)9-12(16(11)22)17(23)24;6-4-2-1-3(9-4)5(7)8/h7-10,19H,1-6H2,(H,23,24);3H,1-2H2,(H,7,8). The summed E-state index contributed by atoms with van der Waals surface area (Å²) in [6, 6.07) is 3.08. The second kappa shape index (κ2) is 9.18. The Morgan fingerprint density at radius 2 is 1.79 bits per heavy atom. The zero-order valence-corrected chi connectivity index (χ0v) is 17.8. The summed E-state index contributed by atoms with van der Waals surface area (Å²) in [6.45, 7) is 2.96. The van der Waals surface area contributed by atoms with E-state index in [1.165, 1.54) is 12.3 Å². The number of esters is 1. The summed E-state index contributed by atoms with van der Waals surface area (Å²) in [5.74, 6) is -3.22. The van der Waals surface area contributed by atoms with Gasteiger partial charge in [-0.15, -0.1) is 0 Å². The zero-order valence-electron chi connectivity index (χ0n) is 17.8. The van der Waals surface area contributed by atoms with Crippen LogP contribution in [0.4, 0.5) is 10.1 Å². The molecular formula is C22H24FN3O7. The summed E-state index contributed by atoms with van der Waals surface area (Å²) >= 11 is 0. The maximum atomic E-state index is 14.6. The highest BCUT2D eigenvalue weighted by molar-refractivity contribution is 5.93. The molecule has 2 saturated heterocycles. The van der Waals surface area contributed by atoms with Gasteiger partial charge in [0.1, 0.15) is 11.4 Å². The minimum Gasteiger partial charge on any atom is -0.479 e. The lowest BCUT2D eigenvalue weighted by atomic mass is 10.1. The average Bonchev–Trinajstić information content (AvgIpc) is 3.54. The molecule has 2 aromatic rings. The third-order valence-electron chi connectivity index (χ3n) is 5.89. The third kappa shape index (κ3) is 4.82. The van der Waals surface area contributed by atoms with Crippen molar-refractivity contribution in [1.29, 1.82) is 0 Å². The van der Waals surface area contributed by atoms with Gasteiger partial charge in [-0.05, 0) is 25.0 Å². The number of hydrogen-bond donors (Lipinski definition) is 3. The summed E-state index contributed by atoms with van der Waals surface area (Å²) in [6.07, 6.45) is 2.95. The van der Waals surface area contributed by atoms with Crippen LogP contribution in [0, 0.1) is 5.82 Å². The molecule has 1 aromatic heterocycles. The van der Waals surface area contributed by atoms with Crippen molar-refractivity contribution in [3.63, 3.8) is 0 Å². The fraction of sp³-hybridized carbons (Fsp3) is 0.455. The van der Waals surface area contributed by atoms with Gasteiger partial charge in [-0.25, -0.2) is 14.0 Å². The van der Waals surface area contributed by atoms with E-state index in [2.05, 4.69) is 10.1 Å². The molecule has 0 bridgehead atoms. The van der Waals surface area contributed by atoms with Crippen LogP contribution < -0.4 is 15.6 Å². The molecule has 0 spiro atoms. The van der Waals surface area contributed by atoms with Crippen molar-refractivity contribution in [2.45, 2.75) is 37.8 Å². The summed E-state index contributed by atoms with van der Waals surface area (Å²) < 4.78 is 20.8. The molecule has 11 heteroatoms. The Morgan fingerprint density at radius 3 is 2.30 bits per heavy atom. The highest BCUT2D eigenvalue weighted by Gasteiger charge is 2.29. The quantitative estimate of drug-likeness (QED) is 0.576. The first-order chi connectivity index (χ1) is 15.8. The van der Waals surface area contributed by atoms with Gasteiger partial charge in [0.2, 0.25) is 5.43 Å². The Bertz CT molecular complexity index is 1170. The van der Waals surface area contributed by atoms with Crippen LogP contribution in [0.1, 0.15) is 42.1 Å². The minimum atomic E-state index is -1.28. The monoisotopic (exact) mass is 461 g/mol. The fourth-order valence-electron chi connectivity index (χ4n) is 4.01. The van der Waals surface area contributed by atoms with Gasteiger partial charge in [-0.1, -0.05) is 0 Å². The summed E-state index contributed by atoms with van der Waals surface area (Å²) in [5.41, 5.74) is 0.159. The Morgan fingerprint density at radius 1 is 1.09 bits per heavy atom. The van der Waals surface area contributed by atoms with E-state index >= 15 is 0 Å². The summed E-state index contributed by atoms with van der Waals surface area (Å²) in [5, 5.41) is 20.9. The number of benzene rings is 1. The van der Waals surface area contributed by atoms with E-state index in [1.54, 1.807) is 6.07 Å². The fourth-order valence-corrected chi connectivity index (χ4v) is 4.01. The van der Waals surface area contributed by atoms with Gasteiger partial charge in [-0.3, -0.25) is 9.59 Å². The predicted molar refractivity (Wildman–Crippen MR) is 115 cm³/mol. The number of ether oxygens (including phenoxy) is 1. The number of nitrogens with one attached hydrogen (secondary N) is 1. The number of aliphatic carboxylic acids is 1. The molecule has 176 valence electrons. The van der Waals surface area contributed by atoms with E-state index < -0.39 is 35.3 Å². The Hall–Kier alpha value is -3.47. The van der Waals surface area contributed by atoms with Gasteiger partial charge >= 0.3 is 17.9 Å². The van der Waals surface area contributed by atoms with Gasteiger partial charge in [0.05, 0.1) is 11.2 Å². The van der Waals surface area contributed by atoms with Crippen molar-refractivity contribution < 1.29 is 33.7 Å². The van der Waals surface area contributed by atoms with Gasteiger partial charge in [0.25, 0.3) is 0 Å². The largest absolute Gasteiger partial charge is 0.479 e. The van der Waals surface area contributed by atoms with Gasteiger partial charge in [-0.2, -0.15) is 0 Å². The van der Waals surface area contributed by atoms with Crippen LogP contribution in [0.25, 0.3) is 10.9 Å². The first-order valence-electron chi connectivity index (χ1n) is 10.8. The number of rotatable bonds is 4. The second-order valence-corrected chi connectivity index (χ2v) is 8.23. The summed E-state index contributed by atoms with van der Waals surface area (Å²) in [4.78, 5) is 46.1. The van der Waals surface area contributed by atoms with Gasteiger partial charge in [0.15, 0.2) is 6.10 Å². The first-order valence-corrected chi connectivity index (χ1v) is 10.8. The number of cyclic esters (lactones) is 1. The SMILES string of the molecule is O=C(O)c1cn(C2CC2)c2cc(N3CCNCC3)c(F)cc2c1=O.O=C1CCC(C(=O)O)O1. The Labute approximate surface area is 187 Å². The predicted octanol–water partition coefficient (Wildman–Crippen LogP) is 1.36. The Kier molecular flexibility index (Phi) is 6.32. The van der Waals surface area contributed by atoms with Crippen molar-refractivity contribution in [3.8, 4) is 0 Å². The van der Waals surface area contributed by atoms with Crippen LogP contribution >= 0.6 is 0 Å². The molecule has 0 amide bonds. The molecule has 1 atom stereocenters. The number of aromatic nitrogens is 1. The highest BCUT2D eigenvalue weighted by atomic mass is 19.1. The number of carboxylic acids is 2. The number of carbonyl (C=O) groups excluding carboxylic acids is 1. The van der Waals surface area contributed by atoms with Gasteiger partial charge < -0.3 is 29.7 Å². The normalized spacial score (nSPS) is 20.2. The molecule has 1 saturated carbocycles. The van der Waals surface area contributed by atoms with Crippen molar-refractivity contribution in [2.24, 2.45) is 0 Å². The maximum absolute atomic E-state index is 14.6. The topological polar surface area (TPSA) is 138 Å². The molecule has 10 nitrogen and oxygen atoms in total. The molecule has 1 aliphatic carbocycles. The second-order valence-electron chi connectivity index (χ2n) is 8.23. The zero-order chi connectivity index (χ0) is 23.7. The van der Waals surface area contributed by atoms with E-state index in [4.69, 9.17) is 5.11 Å². The number of halogens is 1. The molecule has 3 N–H and O–H groups in total. The van der Waals surface area contributed by atoms with Crippen LogP contribution in [0.3, 0.4) is 0 Å². The van der Waals surface area contributed by atoms with Crippen molar-refractivity contribution in [1.82, 2.24) is 9.88 Å². The molecule has 1 aromatic carbocycles. The number of fused-ring (bicyclic) bond motifs is 1. The molecule has 0 radical (unpaired) electrons. The van der Waals surface area contributed by atoms with E-state index in [9.17, 15) is 28.7 Å². The van der Waals surface area contributed by atoms with Gasteiger partial charge in [0, 0.05) is 56.6 Å².